The van der Waals surface area contributed by atoms with E-state index in [2.05, 4.69) is 5.32 Å². The highest BCUT2D eigenvalue weighted by molar-refractivity contribution is 5.93. The van der Waals surface area contributed by atoms with E-state index in [0.717, 1.165) is 21.8 Å². The Balaban J connectivity index is 1.26. The molecule has 7 amide bonds. The molecule has 6 aromatic carbocycles. The van der Waals surface area contributed by atoms with Crippen LogP contribution in [0.5, 0.6) is 0 Å². The third-order valence-corrected chi connectivity index (χ3v) is 17.4. The van der Waals surface area contributed by atoms with Crippen molar-refractivity contribution >= 4 is 41.4 Å². The lowest BCUT2D eigenvalue weighted by Gasteiger charge is -2.52. The lowest BCUT2D eigenvalue weighted by molar-refractivity contribution is -0.293. The molecule has 1 aliphatic rings. The van der Waals surface area contributed by atoms with Crippen LogP contribution >= 0.6 is 0 Å². The summed E-state index contributed by atoms with van der Waals surface area (Å²) in [5, 5.41) is 18.4. The summed E-state index contributed by atoms with van der Waals surface area (Å²) in [6.07, 6.45) is 0.390. The van der Waals surface area contributed by atoms with Crippen molar-refractivity contribution in [3.63, 3.8) is 0 Å². The zero-order valence-electron chi connectivity index (χ0n) is 52.7. The van der Waals surface area contributed by atoms with Crippen molar-refractivity contribution in [3.8, 4) is 0 Å². The topological polar surface area (TPSA) is 200 Å². The highest BCUT2D eigenvalue weighted by atomic mass is 16.5. The first kappa shape index (κ1) is 67.0. The largest absolute Gasteiger partial charge is 0.368 e. The van der Waals surface area contributed by atoms with Crippen LogP contribution in [0.2, 0.25) is 0 Å². The lowest BCUT2D eigenvalue weighted by atomic mass is 9.78. The number of hydrogen-bond donors (Lipinski definition) is 2. The molecular weight excluding hydrogens is 1110 g/mol. The van der Waals surface area contributed by atoms with Gasteiger partial charge >= 0.3 is 0 Å². The maximum atomic E-state index is 15.8. The van der Waals surface area contributed by atoms with E-state index in [-0.39, 0.29) is 31.3 Å². The van der Waals surface area contributed by atoms with E-state index in [1.807, 2.05) is 224 Å². The second-order valence-electron chi connectivity index (χ2n) is 24.5. The predicted molar refractivity (Wildman–Crippen MR) is 340 cm³/mol. The zero-order chi connectivity index (χ0) is 63.9. The van der Waals surface area contributed by atoms with E-state index in [4.69, 9.17) is 5.73 Å². The third kappa shape index (κ3) is 17.2. The third-order valence-electron chi connectivity index (χ3n) is 17.4. The standard InChI is InChI=1S/C71H88N9O8/c1-50(56-29-17-11-18-30-56)73-43-64(82)75(52(3)58-33-21-13-22-34-58)48-69(87)79(62-41-70(7,8)80(88)71(9,10)42-62)49-68(86)78(55(6)61-39-27-16-28-40-61)47-67(85)77(54(5)60-37-25-15-26-38-60)46-66(84)76(53(4)59-35-23-14-24-36-59)45-65(83)74(44-63(72)81)51(2)57-31-19-12-20-32-57/h11-40,50-55,62,73H,41-49H2,1-10H3,(H2,72,81)/t50-,51-,52-,53-,54-,55-/m0/s1. The molecule has 88 heavy (non-hydrogen) atoms. The average molecular weight is 1200 g/mol. The van der Waals surface area contributed by atoms with Crippen LogP contribution in [0.3, 0.4) is 0 Å². The molecule has 1 saturated heterocycles. The van der Waals surface area contributed by atoms with Crippen LogP contribution < -0.4 is 11.1 Å². The van der Waals surface area contributed by atoms with Crippen molar-refractivity contribution < 1.29 is 38.8 Å². The Kier molecular flexibility index (Phi) is 23.2. The van der Waals surface area contributed by atoms with Crippen molar-refractivity contribution in [1.29, 1.82) is 0 Å². The molecule has 6 aromatic rings. The van der Waals surface area contributed by atoms with Gasteiger partial charge in [0.1, 0.15) is 32.7 Å². The van der Waals surface area contributed by atoms with Gasteiger partial charge in [-0.1, -0.05) is 182 Å². The van der Waals surface area contributed by atoms with Gasteiger partial charge in [-0.3, -0.25) is 33.6 Å². The minimum absolute atomic E-state index is 0.0978. The number of hydrogen-bond acceptors (Lipinski definition) is 9. The molecule has 7 rings (SSSR count). The first-order valence-corrected chi connectivity index (χ1v) is 30.4. The van der Waals surface area contributed by atoms with Crippen molar-refractivity contribution in [3.05, 3.63) is 215 Å². The number of hydroxylamine groups is 2. The molecule has 1 fully saturated rings. The van der Waals surface area contributed by atoms with Gasteiger partial charge in [-0.15, -0.1) is 10.3 Å². The number of nitrogens with zero attached hydrogens (tertiary/aromatic N) is 7. The number of rotatable bonds is 27. The lowest BCUT2D eigenvalue weighted by Crippen LogP contribution is -2.64. The number of nitrogens with one attached hydrogen (secondary N) is 1. The number of carbonyl (C=O) groups excluding carboxylic acids is 7. The number of primary amides is 1. The Bertz CT molecular complexity index is 3250. The van der Waals surface area contributed by atoms with Crippen LogP contribution in [0.15, 0.2) is 182 Å². The SMILES string of the molecule is C[C@H](NCC(=O)N(CC(=O)N(CC(=O)N(CC(=O)N(CC(=O)N(CC(=O)N(CC(N)=O)[C@@H](C)c1ccccc1)[C@@H](C)c1ccccc1)[C@@H](C)c1ccccc1)[C@@H](C)c1ccccc1)C1CC(C)(C)N([O])C(C)(C)C1)[C@@H](C)c1ccccc1)c1ccccc1. The fraction of sp³-hybridized carbons (Fsp3) is 0.394. The van der Waals surface area contributed by atoms with E-state index >= 15 is 19.2 Å². The van der Waals surface area contributed by atoms with Gasteiger partial charge in [-0.25, -0.2) is 0 Å². The molecule has 1 radical (unpaired) electrons. The Morgan fingerprint density at radius 2 is 0.648 bits per heavy atom. The summed E-state index contributed by atoms with van der Waals surface area (Å²) < 4.78 is 0. The molecule has 1 aliphatic heterocycles. The summed E-state index contributed by atoms with van der Waals surface area (Å²) in [4.78, 5) is 113. The molecule has 0 aliphatic carbocycles. The van der Waals surface area contributed by atoms with Gasteiger partial charge in [0.25, 0.3) is 0 Å². The van der Waals surface area contributed by atoms with Gasteiger partial charge in [0.15, 0.2) is 0 Å². The summed E-state index contributed by atoms with van der Waals surface area (Å²) >= 11 is 0. The Morgan fingerprint density at radius 3 is 0.943 bits per heavy atom. The molecule has 0 saturated carbocycles. The van der Waals surface area contributed by atoms with Gasteiger partial charge < -0.3 is 40.4 Å². The number of amides is 7. The molecule has 3 N–H and O–H groups in total. The van der Waals surface area contributed by atoms with Gasteiger partial charge in [0.2, 0.25) is 41.4 Å². The molecular formula is C71H88N9O8. The summed E-state index contributed by atoms with van der Waals surface area (Å²) in [5.74, 6) is -3.91. The van der Waals surface area contributed by atoms with E-state index in [1.54, 1.807) is 27.7 Å². The minimum Gasteiger partial charge on any atom is -0.368 e. The molecule has 17 heteroatoms. The smallest absolute Gasteiger partial charge is 0.243 e. The molecule has 1 heterocycles. The maximum Gasteiger partial charge on any atom is 0.243 e. The quantitative estimate of drug-likeness (QED) is 0.0504. The number of carbonyl (C=O) groups is 7. The van der Waals surface area contributed by atoms with Crippen LogP contribution in [-0.2, 0) is 38.8 Å². The monoisotopic (exact) mass is 1190 g/mol. The summed E-state index contributed by atoms with van der Waals surface area (Å²) in [6.45, 7) is 15.3. The highest BCUT2D eigenvalue weighted by Gasteiger charge is 2.49. The fourth-order valence-corrected chi connectivity index (χ4v) is 12.2. The second kappa shape index (κ2) is 30.4. The molecule has 465 valence electrons. The summed E-state index contributed by atoms with van der Waals surface area (Å²) in [6, 6.07) is 51.7. The first-order chi connectivity index (χ1) is 41.9. The van der Waals surface area contributed by atoms with Crippen LogP contribution in [0, 0.1) is 0 Å². The summed E-state index contributed by atoms with van der Waals surface area (Å²) in [7, 11) is 0. The second-order valence-corrected chi connectivity index (χ2v) is 24.5. The van der Waals surface area contributed by atoms with Crippen molar-refractivity contribution in [2.24, 2.45) is 5.73 Å². The van der Waals surface area contributed by atoms with E-state index in [0.29, 0.717) is 16.7 Å². The molecule has 0 bridgehead atoms. The Hall–Kier alpha value is -8.51. The van der Waals surface area contributed by atoms with Crippen LogP contribution in [0.1, 0.15) is 152 Å². The first-order valence-electron chi connectivity index (χ1n) is 30.4. The Morgan fingerprint density at radius 1 is 0.398 bits per heavy atom. The normalized spacial score (nSPS) is 15.9. The molecule has 0 unspecified atom stereocenters. The van der Waals surface area contributed by atoms with Crippen molar-refractivity contribution in [1.82, 2.24) is 39.8 Å². The maximum absolute atomic E-state index is 15.8. The molecule has 6 atom stereocenters. The summed E-state index contributed by atoms with van der Waals surface area (Å²) in [5.41, 5.74) is 8.43. The number of nitrogens with two attached hydrogens (primary N) is 1. The number of benzene rings is 6. The average Bonchev–Trinajstić information content (AvgIpc) is 1.23. The van der Waals surface area contributed by atoms with Crippen LogP contribution in [0.4, 0.5) is 0 Å². The van der Waals surface area contributed by atoms with Crippen LogP contribution in [0.25, 0.3) is 0 Å². The van der Waals surface area contributed by atoms with Crippen molar-refractivity contribution in [2.45, 2.75) is 135 Å². The van der Waals surface area contributed by atoms with E-state index in [1.165, 1.54) is 29.4 Å². The molecule has 0 spiro atoms. The predicted octanol–water partition coefficient (Wildman–Crippen LogP) is 9.97. The van der Waals surface area contributed by atoms with Gasteiger partial charge in [0, 0.05) is 23.2 Å². The van der Waals surface area contributed by atoms with Crippen LogP contribution in [-0.4, -0.2) is 139 Å². The number of piperidine rings is 1. The molecule has 0 aromatic heterocycles. The Labute approximate surface area is 520 Å². The highest BCUT2D eigenvalue weighted by Crippen LogP contribution is 2.40. The fourth-order valence-electron chi connectivity index (χ4n) is 12.2. The zero-order valence-corrected chi connectivity index (χ0v) is 52.7. The van der Waals surface area contributed by atoms with E-state index < -0.39 is 122 Å². The molecule has 17 nitrogen and oxygen atoms in total. The minimum atomic E-state index is -0.983. The van der Waals surface area contributed by atoms with Gasteiger partial charge in [-0.05, 0) is 115 Å². The van der Waals surface area contributed by atoms with Gasteiger partial charge in [-0.2, -0.15) is 0 Å². The van der Waals surface area contributed by atoms with E-state index in [9.17, 15) is 19.6 Å². The van der Waals surface area contributed by atoms with Gasteiger partial charge in [0.05, 0.1) is 43.3 Å². The van der Waals surface area contributed by atoms with Crippen molar-refractivity contribution in [2.75, 3.05) is 45.8 Å².